The van der Waals surface area contributed by atoms with Gasteiger partial charge in [0.25, 0.3) is 5.91 Å². The van der Waals surface area contributed by atoms with E-state index < -0.39 is 23.8 Å². The Labute approximate surface area is 451 Å². The van der Waals surface area contributed by atoms with Gasteiger partial charge < -0.3 is 24.4 Å². The molecule has 9 nitrogen and oxygen atoms in total. The van der Waals surface area contributed by atoms with Crippen LogP contribution in [-0.2, 0) is 28.6 Å². The fourth-order valence-electron chi connectivity index (χ4n) is 10.0. The van der Waals surface area contributed by atoms with Crippen LogP contribution >= 0.6 is 0 Å². The first kappa shape index (κ1) is 70.6. The van der Waals surface area contributed by atoms with E-state index in [0.29, 0.717) is 50.9 Å². The van der Waals surface area contributed by atoms with Crippen molar-refractivity contribution in [3.05, 3.63) is 0 Å². The van der Waals surface area contributed by atoms with E-state index >= 15 is 4.39 Å². The molecule has 1 N–H and O–H groups in total. The monoisotopic (exact) mass is 1040 g/mol. The average Bonchev–Trinajstić information content (AvgIpc) is 3.36. The molecule has 0 aliphatic rings. The first-order valence-corrected chi connectivity index (χ1v) is 31.5. The third-order valence-electron chi connectivity index (χ3n) is 14.7. The molecule has 3 atom stereocenters. The van der Waals surface area contributed by atoms with E-state index in [1.165, 1.54) is 109 Å². The number of halogens is 1. The number of ether oxygens (including phenoxy) is 3. The number of nitrogens with zero attached hydrogens (tertiary/aromatic N) is 1. The number of alkyl carbamates (subject to hydrolysis) is 1. The average molecular weight is 1040 g/mol. The highest BCUT2D eigenvalue weighted by molar-refractivity contribution is 5.81. The number of rotatable bonds is 53. The van der Waals surface area contributed by atoms with Gasteiger partial charge in [0.05, 0.1) is 13.2 Å². The standard InChI is InChI=1S/C63H121FN2O7/c1-9-14-19-22-23-28-33-40-52-66(61(69)58(64)48-41-51-65-62(70)73-63(6,7)8)57(46-36-29-24-26-31-38-49-59(67)71-53-55(42-17-12-4)44-34-20-15-10-2)47-37-30-25-27-32-39-50-60(68)72-54-56(43-18-13-5)45-35-21-16-11-3/h55-58H,9-54H2,1-8H3,(H,65,70). The zero-order valence-corrected chi connectivity index (χ0v) is 49.5. The van der Waals surface area contributed by atoms with Crippen LogP contribution in [0.4, 0.5) is 9.18 Å². The Kier molecular flexibility index (Phi) is 48.8. The highest BCUT2D eigenvalue weighted by Crippen LogP contribution is 2.24. The molecule has 0 saturated carbocycles. The molecule has 0 aromatic heterocycles. The van der Waals surface area contributed by atoms with Crippen molar-refractivity contribution in [3.63, 3.8) is 0 Å². The third kappa shape index (κ3) is 45.5. The first-order valence-electron chi connectivity index (χ1n) is 31.5. The van der Waals surface area contributed by atoms with Gasteiger partial charge in [0, 0.05) is 32.0 Å². The van der Waals surface area contributed by atoms with Crippen molar-refractivity contribution in [3.8, 4) is 0 Å². The van der Waals surface area contributed by atoms with Crippen LogP contribution in [0.1, 0.15) is 325 Å². The molecule has 0 aliphatic heterocycles. The van der Waals surface area contributed by atoms with Gasteiger partial charge in [-0.25, -0.2) is 9.18 Å². The Hall–Kier alpha value is -2.39. The quantitative estimate of drug-likeness (QED) is 0.0367. The van der Waals surface area contributed by atoms with E-state index in [4.69, 9.17) is 14.2 Å². The third-order valence-corrected chi connectivity index (χ3v) is 14.7. The van der Waals surface area contributed by atoms with E-state index in [0.717, 1.165) is 135 Å². The Morgan fingerprint density at radius 1 is 0.438 bits per heavy atom. The molecular formula is C63H121FN2O7. The van der Waals surface area contributed by atoms with Crippen LogP contribution in [0.2, 0.25) is 0 Å². The second kappa shape index (κ2) is 50.4. The summed E-state index contributed by atoms with van der Waals surface area (Å²) in [7, 11) is 0. The minimum Gasteiger partial charge on any atom is -0.465 e. The van der Waals surface area contributed by atoms with E-state index in [1.54, 1.807) is 0 Å². The second-order valence-electron chi connectivity index (χ2n) is 23.1. The molecule has 0 fully saturated rings. The Morgan fingerprint density at radius 3 is 1.22 bits per heavy atom. The van der Waals surface area contributed by atoms with Crippen LogP contribution in [0.5, 0.6) is 0 Å². The Morgan fingerprint density at radius 2 is 0.795 bits per heavy atom. The van der Waals surface area contributed by atoms with Crippen molar-refractivity contribution in [2.24, 2.45) is 11.8 Å². The molecule has 2 amide bonds. The molecular weight excluding hydrogens is 916 g/mol. The number of nitrogens with one attached hydrogen (secondary N) is 1. The smallest absolute Gasteiger partial charge is 0.407 e. The van der Waals surface area contributed by atoms with Crippen LogP contribution in [0.25, 0.3) is 0 Å². The van der Waals surface area contributed by atoms with Crippen molar-refractivity contribution in [1.82, 2.24) is 10.2 Å². The van der Waals surface area contributed by atoms with Gasteiger partial charge in [-0.05, 0) is 103 Å². The number of alkyl halides is 1. The molecule has 0 heterocycles. The summed E-state index contributed by atoms with van der Waals surface area (Å²) in [5.41, 5.74) is -0.617. The minimum absolute atomic E-state index is 0.0136. The normalized spacial score (nSPS) is 13.3. The number of carbonyl (C=O) groups is 4. The molecule has 432 valence electrons. The van der Waals surface area contributed by atoms with Crippen LogP contribution in [0.15, 0.2) is 0 Å². The fourth-order valence-corrected chi connectivity index (χ4v) is 10.0. The maximum atomic E-state index is 16.0. The molecule has 10 heteroatoms. The largest absolute Gasteiger partial charge is 0.465 e. The van der Waals surface area contributed by atoms with Crippen molar-refractivity contribution in [2.45, 2.75) is 343 Å². The van der Waals surface area contributed by atoms with Crippen LogP contribution in [-0.4, -0.2) is 73.0 Å². The predicted molar refractivity (Wildman–Crippen MR) is 306 cm³/mol. The zero-order valence-electron chi connectivity index (χ0n) is 49.5. The minimum atomic E-state index is -1.61. The first-order chi connectivity index (χ1) is 35.3. The summed E-state index contributed by atoms with van der Waals surface area (Å²) in [6, 6.07) is -0.0136. The number of unbranched alkanes of at least 4 members (excludes halogenated alkanes) is 25. The fraction of sp³-hybridized carbons (Fsp3) is 0.937. The lowest BCUT2D eigenvalue weighted by atomic mass is 9.96. The highest BCUT2D eigenvalue weighted by Gasteiger charge is 2.29. The summed E-state index contributed by atoms with van der Waals surface area (Å²) < 4.78 is 32.9. The van der Waals surface area contributed by atoms with Gasteiger partial charge in [-0.1, -0.05) is 221 Å². The molecule has 0 saturated heterocycles. The van der Waals surface area contributed by atoms with Crippen LogP contribution in [0.3, 0.4) is 0 Å². The molecule has 0 spiro atoms. The lowest BCUT2D eigenvalue weighted by Gasteiger charge is -2.33. The van der Waals surface area contributed by atoms with Crippen molar-refractivity contribution >= 4 is 23.9 Å². The summed E-state index contributed by atoms with van der Waals surface area (Å²) >= 11 is 0. The molecule has 73 heavy (non-hydrogen) atoms. The molecule has 0 radical (unpaired) electrons. The molecule has 0 aromatic rings. The molecule has 0 aliphatic carbocycles. The summed E-state index contributed by atoms with van der Waals surface area (Å²) in [5.74, 6) is 0.456. The predicted octanol–water partition coefficient (Wildman–Crippen LogP) is 18.8. The van der Waals surface area contributed by atoms with Gasteiger partial charge >= 0.3 is 18.0 Å². The van der Waals surface area contributed by atoms with Crippen LogP contribution in [0, 0.1) is 11.8 Å². The maximum Gasteiger partial charge on any atom is 0.407 e. The topological polar surface area (TPSA) is 111 Å². The summed E-state index contributed by atoms with van der Waals surface area (Å²) in [5, 5.41) is 2.72. The van der Waals surface area contributed by atoms with Gasteiger partial charge in [0.2, 0.25) is 0 Å². The number of amides is 2. The number of hydrogen-bond donors (Lipinski definition) is 1. The zero-order chi connectivity index (χ0) is 54.1. The summed E-state index contributed by atoms with van der Waals surface area (Å²) in [4.78, 5) is 53.6. The number of hydrogen-bond acceptors (Lipinski definition) is 7. The van der Waals surface area contributed by atoms with Gasteiger partial charge in [0.15, 0.2) is 6.17 Å². The second-order valence-corrected chi connectivity index (χ2v) is 23.1. The maximum absolute atomic E-state index is 16.0. The molecule has 0 aromatic carbocycles. The number of carbonyl (C=O) groups excluding carboxylic acids is 4. The van der Waals surface area contributed by atoms with Gasteiger partial charge in [-0.3, -0.25) is 14.4 Å². The van der Waals surface area contributed by atoms with Gasteiger partial charge in [0.1, 0.15) is 5.60 Å². The number of esters is 2. The Balaban J connectivity index is 5.44. The lowest BCUT2D eigenvalue weighted by Crippen LogP contribution is -2.45. The van der Waals surface area contributed by atoms with E-state index in [2.05, 4.69) is 39.9 Å². The highest BCUT2D eigenvalue weighted by atomic mass is 19.1. The van der Waals surface area contributed by atoms with Gasteiger partial charge in [-0.2, -0.15) is 0 Å². The van der Waals surface area contributed by atoms with Crippen molar-refractivity contribution in [1.29, 1.82) is 0 Å². The summed E-state index contributed by atoms with van der Waals surface area (Å²) in [6.07, 6.45) is 41.6. The molecule has 0 bridgehead atoms. The SMILES string of the molecule is CCCCCCCCCCN(C(=O)C(F)CCCNC(=O)OC(C)(C)C)C(CCCCCCCCC(=O)OCC(CCCC)CCCCCC)CCCCCCCCC(=O)OCC(CCCC)CCCCCC. The summed E-state index contributed by atoms with van der Waals surface area (Å²) in [6.45, 7) is 18.6. The molecule has 0 rings (SSSR count). The van der Waals surface area contributed by atoms with E-state index in [-0.39, 0.29) is 30.9 Å². The molecule has 3 unspecified atom stereocenters. The van der Waals surface area contributed by atoms with Crippen molar-refractivity contribution < 1.29 is 37.8 Å². The van der Waals surface area contributed by atoms with E-state index in [1.807, 2.05) is 25.7 Å². The van der Waals surface area contributed by atoms with Crippen molar-refractivity contribution in [2.75, 3.05) is 26.3 Å². The Bertz CT molecular complexity index is 1220. The van der Waals surface area contributed by atoms with Crippen LogP contribution < -0.4 is 5.32 Å². The lowest BCUT2D eigenvalue weighted by molar-refractivity contribution is -0.146. The van der Waals surface area contributed by atoms with E-state index in [9.17, 15) is 19.2 Å². The van der Waals surface area contributed by atoms with Gasteiger partial charge in [-0.15, -0.1) is 0 Å².